The summed E-state index contributed by atoms with van der Waals surface area (Å²) in [6, 6.07) is 6.03. The zero-order valence-electron chi connectivity index (χ0n) is 12.0. The molecule has 1 aromatic carbocycles. The van der Waals surface area contributed by atoms with Crippen molar-refractivity contribution in [3.8, 4) is 5.75 Å². The molecule has 112 valence electrons. The molecule has 0 bridgehead atoms. The van der Waals surface area contributed by atoms with Crippen LogP contribution in [0.4, 0.5) is 0 Å². The van der Waals surface area contributed by atoms with E-state index in [0.717, 1.165) is 0 Å². The zero-order valence-corrected chi connectivity index (χ0v) is 12.0. The van der Waals surface area contributed by atoms with Gasteiger partial charge in [0.25, 0.3) is 5.91 Å². The van der Waals surface area contributed by atoms with Gasteiger partial charge < -0.3 is 10.1 Å². The van der Waals surface area contributed by atoms with Crippen molar-refractivity contribution < 1.29 is 19.1 Å². The number of imide groups is 1. The second kappa shape index (κ2) is 6.39. The summed E-state index contributed by atoms with van der Waals surface area (Å²) >= 11 is 0. The van der Waals surface area contributed by atoms with E-state index in [1.165, 1.54) is 0 Å². The SMILES string of the molecule is CC(C)Oc1ccc(C(=O)NC2CCC(=O)NC2=O)cc1. The average molecular weight is 290 g/mol. The summed E-state index contributed by atoms with van der Waals surface area (Å²) in [6.45, 7) is 3.84. The van der Waals surface area contributed by atoms with Crippen LogP contribution < -0.4 is 15.4 Å². The highest BCUT2D eigenvalue weighted by Gasteiger charge is 2.27. The Morgan fingerprint density at radius 2 is 1.95 bits per heavy atom. The molecule has 1 fully saturated rings. The Bertz CT molecular complexity index is 551. The lowest BCUT2D eigenvalue weighted by Crippen LogP contribution is -2.52. The van der Waals surface area contributed by atoms with Crippen LogP contribution in [0.1, 0.15) is 37.0 Å². The number of carbonyl (C=O) groups is 3. The maximum Gasteiger partial charge on any atom is 0.251 e. The molecule has 0 saturated carbocycles. The molecule has 0 spiro atoms. The molecule has 1 aromatic rings. The molecule has 1 atom stereocenters. The predicted molar refractivity (Wildman–Crippen MR) is 75.8 cm³/mol. The van der Waals surface area contributed by atoms with Gasteiger partial charge in [-0.1, -0.05) is 0 Å². The van der Waals surface area contributed by atoms with Gasteiger partial charge in [0.2, 0.25) is 11.8 Å². The van der Waals surface area contributed by atoms with E-state index in [2.05, 4.69) is 10.6 Å². The Balaban J connectivity index is 1.97. The highest BCUT2D eigenvalue weighted by Crippen LogP contribution is 2.14. The van der Waals surface area contributed by atoms with Crippen LogP contribution in [0, 0.1) is 0 Å². The van der Waals surface area contributed by atoms with E-state index in [4.69, 9.17) is 4.74 Å². The highest BCUT2D eigenvalue weighted by atomic mass is 16.5. The van der Waals surface area contributed by atoms with Crippen molar-refractivity contribution in [3.05, 3.63) is 29.8 Å². The van der Waals surface area contributed by atoms with E-state index in [-0.39, 0.29) is 24.3 Å². The number of carbonyl (C=O) groups excluding carboxylic acids is 3. The summed E-state index contributed by atoms with van der Waals surface area (Å²) in [5.41, 5.74) is 0.441. The normalized spacial score (nSPS) is 18.3. The van der Waals surface area contributed by atoms with E-state index in [1.807, 2.05) is 13.8 Å². The largest absolute Gasteiger partial charge is 0.491 e. The Hall–Kier alpha value is -2.37. The number of nitrogens with one attached hydrogen (secondary N) is 2. The number of hydrogen-bond donors (Lipinski definition) is 2. The van der Waals surface area contributed by atoms with E-state index in [0.29, 0.717) is 17.7 Å². The topological polar surface area (TPSA) is 84.5 Å². The molecule has 2 rings (SSSR count). The third-order valence-electron chi connectivity index (χ3n) is 3.03. The molecule has 21 heavy (non-hydrogen) atoms. The summed E-state index contributed by atoms with van der Waals surface area (Å²) < 4.78 is 5.49. The van der Waals surface area contributed by atoms with Gasteiger partial charge in [-0.05, 0) is 44.5 Å². The summed E-state index contributed by atoms with van der Waals surface area (Å²) in [5.74, 6) is -0.428. The van der Waals surface area contributed by atoms with Gasteiger partial charge in [0, 0.05) is 12.0 Å². The minimum Gasteiger partial charge on any atom is -0.491 e. The Morgan fingerprint density at radius 3 is 2.52 bits per heavy atom. The molecule has 6 heteroatoms. The minimum atomic E-state index is -0.665. The summed E-state index contributed by atoms with van der Waals surface area (Å²) in [7, 11) is 0. The molecule has 1 aliphatic heterocycles. The fourth-order valence-corrected chi connectivity index (χ4v) is 2.03. The second-order valence-electron chi connectivity index (χ2n) is 5.17. The van der Waals surface area contributed by atoms with Crippen LogP contribution in [0.3, 0.4) is 0 Å². The van der Waals surface area contributed by atoms with E-state index < -0.39 is 11.9 Å². The number of benzene rings is 1. The smallest absolute Gasteiger partial charge is 0.251 e. The van der Waals surface area contributed by atoms with Crippen molar-refractivity contribution in [2.45, 2.75) is 38.8 Å². The quantitative estimate of drug-likeness (QED) is 0.810. The third kappa shape index (κ3) is 4.05. The first-order chi connectivity index (χ1) is 9.95. The number of piperidine rings is 1. The molecule has 2 N–H and O–H groups in total. The van der Waals surface area contributed by atoms with Crippen molar-refractivity contribution in [3.63, 3.8) is 0 Å². The molecule has 1 unspecified atom stereocenters. The van der Waals surface area contributed by atoms with Gasteiger partial charge in [0.1, 0.15) is 11.8 Å². The lowest BCUT2D eigenvalue weighted by atomic mass is 10.1. The van der Waals surface area contributed by atoms with Crippen LogP contribution in [0.15, 0.2) is 24.3 Å². The monoisotopic (exact) mass is 290 g/mol. The van der Waals surface area contributed by atoms with Crippen LogP contribution in [0.25, 0.3) is 0 Å². The molecule has 0 radical (unpaired) electrons. The molecule has 0 aromatic heterocycles. The van der Waals surface area contributed by atoms with Crippen LogP contribution in [-0.4, -0.2) is 29.9 Å². The lowest BCUT2D eigenvalue weighted by Gasteiger charge is -2.21. The van der Waals surface area contributed by atoms with Gasteiger partial charge in [-0.25, -0.2) is 0 Å². The fourth-order valence-electron chi connectivity index (χ4n) is 2.03. The van der Waals surface area contributed by atoms with E-state index in [1.54, 1.807) is 24.3 Å². The predicted octanol–water partition coefficient (Wildman–Crippen LogP) is 1.01. The number of amides is 3. The molecule has 6 nitrogen and oxygen atoms in total. The van der Waals surface area contributed by atoms with Crippen molar-refractivity contribution in [2.24, 2.45) is 0 Å². The number of hydrogen-bond acceptors (Lipinski definition) is 4. The summed E-state index contributed by atoms with van der Waals surface area (Å²) in [4.78, 5) is 34.7. The zero-order chi connectivity index (χ0) is 15.4. The number of rotatable bonds is 4. The Kier molecular flexibility index (Phi) is 4.57. The van der Waals surface area contributed by atoms with Crippen molar-refractivity contribution in [2.75, 3.05) is 0 Å². The third-order valence-corrected chi connectivity index (χ3v) is 3.03. The van der Waals surface area contributed by atoms with Gasteiger partial charge in [-0.3, -0.25) is 19.7 Å². The van der Waals surface area contributed by atoms with Gasteiger partial charge in [0.15, 0.2) is 0 Å². The van der Waals surface area contributed by atoms with Crippen LogP contribution in [-0.2, 0) is 9.59 Å². The first-order valence-electron chi connectivity index (χ1n) is 6.87. The van der Waals surface area contributed by atoms with E-state index in [9.17, 15) is 14.4 Å². The second-order valence-corrected chi connectivity index (χ2v) is 5.17. The fraction of sp³-hybridized carbons (Fsp3) is 0.400. The molecular formula is C15H18N2O4. The van der Waals surface area contributed by atoms with Crippen LogP contribution in [0.5, 0.6) is 5.75 Å². The molecule has 1 aliphatic rings. The maximum atomic E-state index is 12.1. The van der Waals surface area contributed by atoms with Crippen LogP contribution in [0.2, 0.25) is 0 Å². The lowest BCUT2D eigenvalue weighted by molar-refractivity contribution is -0.134. The first-order valence-corrected chi connectivity index (χ1v) is 6.87. The Morgan fingerprint density at radius 1 is 1.29 bits per heavy atom. The average Bonchev–Trinajstić information content (AvgIpc) is 2.42. The van der Waals surface area contributed by atoms with Crippen molar-refractivity contribution >= 4 is 17.7 Å². The van der Waals surface area contributed by atoms with Gasteiger partial charge in [0.05, 0.1) is 6.10 Å². The number of ether oxygens (including phenoxy) is 1. The summed E-state index contributed by atoms with van der Waals surface area (Å²) in [5, 5.41) is 4.83. The highest BCUT2D eigenvalue weighted by molar-refractivity contribution is 6.03. The van der Waals surface area contributed by atoms with Gasteiger partial charge >= 0.3 is 0 Å². The van der Waals surface area contributed by atoms with Crippen LogP contribution >= 0.6 is 0 Å². The van der Waals surface area contributed by atoms with Gasteiger partial charge in [-0.2, -0.15) is 0 Å². The summed E-state index contributed by atoms with van der Waals surface area (Å²) in [6.07, 6.45) is 0.621. The molecule has 3 amide bonds. The first kappa shape index (κ1) is 15.0. The van der Waals surface area contributed by atoms with Crippen molar-refractivity contribution in [1.82, 2.24) is 10.6 Å². The van der Waals surface area contributed by atoms with E-state index >= 15 is 0 Å². The Labute approximate surface area is 122 Å². The molecule has 1 saturated heterocycles. The standard InChI is InChI=1S/C15H18N2O4/c1-9(2)21-11-5-3-10(4-6-11)14(19)16-12-7-8-13(18)17-15(12)20/h3-6,9,12H,7-8H2,1-2H3,(H,16,19)(H,17,18,20). The maximum absolute atomic E-state index is 12.1. The minimum absolute atomic E-state index is 0.0631. The molecule has 0 aliphatic carbocycles. The van der Waals surface area contributed by atoms with Gasteiger partial charge in [-0.15, -0.1) is 0 Å². The molecule has 1 heterocycles. The van der Waals surface area contributed by atoms with Crippen molar-refractivity contribution in [1.29, 1.82) is 0 Å². The molecular weight excluding hydrogens is 272 g/mol.